The van der Waals surface area contributed by atoms with Crippen LogP contribution < -0.4 is 16.4 Å². The number of pyridine rings is 1. The van der Waals surface area contributed by atoms with E-state index in [0.29, 0.717) is 32.0 Å². The van der Waals surface area contributed by atoms with Crippen LogP contribution in [-0.2, 0) is 0 Å². The zero-order chi connectivity index (χ0) is 24.6. The van der Waals surface area contributed by atoms with E-state index >= 15 is 0 Å². The molecule has 3 aromatic heterocycles. The lowest BCUT2D eigenvalue weighted by Crippen LogP contribution is -2.31. The fourth-order valence-electron chi connectivity index (χ4n) is 3.91. The number of benzene rings is 1. The zero-order valence-electron chi connectivity index (χ0n) is 19.9. The number of nitrogens with two attached hydrogens (primary N) is 1. The first-order chi connectivity index (χ1) is 16.2. The van der Waals surface area contributed by atoms with E-state index in [1.54, 1.807) is 0 Å². The minimum absolute atomic E-state index is 0.0302. The van der Waals surface area contributed by atoms with Crippen molar-refractivity contribution in [2.75, 3.05) is 11.1 Å². The highest BCUT2D eigenvalue weighted by Gasteiger charge is 2.27. The number of nitrogens with one attached hydrogen (secondary N) is 2. The summed E-state index contributed by atoms with van der Waals surface area (Å²) in [5.74, 6) is -0.468. The van der Waals surface area contributed by atoms with Gasteiger partial charge in [-0.15, -0.1) is 22.7 Å². The molecule has 176 valence electrons. The molecule has 4 rings (SSSR count). The van der Waals surface area contributed by atoms with Gasteiger partial charge in [-0.3, -0.25) is 9.59 Å². The molecule has 1 atom stereocenters. The van der Waals surface area contributed by atoms with Crippen molar-refractivity contribution in [2.45, 2.75) is 47.1 Å². The van der Waals surface area contributed by atoms with Gasteiger partial charge in [0.15, 0.2) is 0 Å². The molecule has 0 saturated carbocycles. The normalized spacial score (nSPS) is 12.0. The molecule has 0 unspecified atom stereocenters. The molecule has 0 spiro atoms. The van der Waals surface area contributed by atoms with Crippen LogP contribution in [0.2, 0.25) is 0 Å². The first-order valence-corrected chi connectivity index (χ1v) is 12.9. The van der Waals surface area contributed by atoms with Crippen molar-refractivity contribution in [3.8, 4) is 10.4 Å². The minimum atomic E-state index is -0.251. The Balaban J connectivity index is 1.89. The molecule has 6 nitrogen and oxygen atoms in total. The van der Waals surface area contributed by atoms with Gasteiger partial charge < -0.3 is 16.4 Å². The molecule has 3 heterocycles. The highest BCUT2D eigenvalue weighted by atomic mass is 32.1. The second-order valence-electron chi connectivity index (χ2n) is 8.50. The number of anilines is 2. The van der Waals surface area contributed by atoms with E-state index in [0.717, 1.165) is 33.7 Å². The van der Waals surface area contributed by atoms with E-state index in [1.165, 1.54) is 22.7 Å². The van der Waals surface area contributed by atoms with Crippen LogP contribution in [-0.4, -0.2) is 22.8 Å². The van der Waals surface area contributed by atoms with E-state index in [9.17, 15) is 9.59 Å². The maximum atomic E-state index is 13.6. The van der Waals surface area contributed by atoms with Crippen LogP contribution in [0.1, 0.15) is 57.1 Å². The highest BCUT2D eigenvalue weighted by Crippen LogP contribution is 2.43. The van der Waals surface area contributed by atoms with Crippen LogP contribution >= 0.6 is 22.7 Å². The average Bonchev–Trinajstić information content (AvgIpc) is 3.43. The SMILES string of the molecule is CC[C@H](C)NC(=O)c1sc2nc(C)c(C(=O)Nc3ccc(C)cc3C)c(-c3cccs3)c2c1N. The van der Waals surface area contributed by atoms with E-state index in [4.69, 9.17) is 10.7 Å². The highest BCUT2D eigenvalue weighted by molar-refractivity contribution is 7.21. The lowest BCUT2D eigenvalue weighted by Gasteiger charge is -2.15. The van der Waals surface area contributed by atoms with Crippen LogP contribution in [0.3, 0.4) is 0 Å². The summed E-state index contributed by atoms with van der Waals surface area (Å²) in [5.41, 5.74) is 11.6. The van der Waals surface area contributed by atoms with E-state index in [-0.39, 0.29) is 17.9 Å². The van der Waals surface area contributed by atoms with Crippen molar-refractivity contribution in [1.82, 2.24) is 10.3 Å². The third-order valence-electron chi connectivity index (χ3n) is 5.88. The number of thiophene rings is 2. The maximum Gasteiger partial charge on any atom is 0.263 e. The number of aryl methyl sites for hydroxylation is 3. The summed E-state index contributed by atoms with van der Waals surface area (Å²) in [6, 6.07) is 9.84. The van der Waals surface area contributed by atoms with E-state index < -0.39 is 0 Å². The molecular weight excluding hydrogens is 464 g/mol. The third-order valence-corrected chi connectivity index (χ3v) is 7.86. The zero-order valence-corrected chi connectivity index (χ0v) is 21.5. The monoisotopic (exact) mass is 492 g/mol. The van der Waals surface area contributed by atoms with Crippen LogP contribution in [0.5, 0.6) is 0 Å². The summed E-state index contributed by atoms with van der Waals surface area (Å²) in [7, 11) is 0. The maximum absolute atomic E-state index is 13.6. The smallest absolute Gasteiger partial charge is 0.263 e. The molecule has 0 saturated heterocycles. The first-order valence-electron chi connectivity index (χ1n) is 11.2. The average molecular weight is 493 g/mol. The minimum Gasteiger partial charge on any atom is -0.397 e. The molecule has 0 aliphatic heterocycles. The molecule has 0 bridgehead atoms. The summed E-state index contributed by atoms with van der Waals surface area (Å²) in [4.78, 5) is 33.2. The fourth-order valence-corrected chi connectivity index (χ4v) is 5.75. The summed E-state index contributed by atoms with van der Waals surface area (Å²) in [5, 5.41) is 8.65. The van der Waals surface area contributed by atoms with E-state index in [1.807, 2.05) is 70.3 Å². The Bertz CT molecular complexity index is 1390. The van der Waals surface area contributed by atoms with Crippen molar-refractivity contribution in [1.29, 1.82) is 0 Å². The number of nitrogens with zero attached hydrogens (tertiary/aromatic N) is 1. The number of hydrogen-bond acceptors (Lipinski definition) is 6. The summed E-state index contributed by atoms with van der Waals surface area (Å²) in [6.07, 6.45) is 0.817. The molecule has 0 aliphatic rings. The molecule has 0 aliphatic carbocycles. The topological polar surface area (TPSA) is 97.1 Å². The second-order valence-corrected chi connectivity index (χ2v) is 10.5. The number of carbonyl (C=O) groups is 2. The van der Waals surface area contributed by atoms with Crippen LogP contribution in [0.4, 0.5) is 11.4 Å². The standard InChI is InChI=1S/C26H28N4O2S2/c1-6-15(4)28-25(32)23-22(27)21-20(18-8-7-11-33-18)19(16(5)29-26(21)34-23)24(31)30-17-10-9-13(2)12-14(17)3/h7-12,15H,6,27H2,1-5H3,(H,28,32)(H,30,31)/t15-/m0/s1. The number of nitrogen functional groups attached to an aromatic ring is 1. The van der Waals surface area contributed by atoms with Crippen molar-refractivity contribution < 1.29 is 9.59 Å². The largest absolute Gasteiger partial charge is 0.397 e. The van der Waals surface area contributed by atoms with Gasteiger partial charge in [-0.05, 0) is 57.2 Å². The summed E-state index contributed by atoms with van der Waals surface area (Å²) >= 11 is 2.79. The number of carbonyl (C=O) groups excluding carboxylic acids is 2. The molecule has 1 aromatic carbocycles. The quantitative estimate of drug-likeness (QED) is 0.294. The second kappa shape index (κ2) is 9.56. The fraction of sp³-hybridized carbons (Fsp3) is 0.269. The Kier molecular flexibility index (Phi) is 6.72. The van der Waals surface area contributed by atoms with Gasteiger partial charge in [0.1, 0.15) is 9.71 Å². The van der Waals surface area contributed by atoms with Crippen LogP contribution in [0.15, 0.2) is 35.7 Å². The van der Waals surface area contributed by atoms with Gasteiger partial charge in [-0.25, -0.2) is 4.98 Å². The molecule has 0 fully saturated rings. The summed E-state index contributed by atoms with van der Waals surface area (Å²) in [6.45, 7) is 9.78. The number of aromatic nitrogens is 1. The Morgan fingerprint density at radius 1 is 1.15 bits per heavy atom. The van der Waals surface area contributed by atoms with Gasteiger partial charge in [-0.1, -0.05) is 30.7 Å². The van der Waals surface area contributed by atoms with Gasteiger partial charge in [0.25, 0.3) is 11.8 Å². The van der Waals surface area contributed by atoms with E-state index in [2.05, 4.69) is 10.6 Å². The Morgan fingerprint density at radius 3 is 2.56 bits per heavy atom. The van der Waals surface area contributed by atoms with Crippen LogP contribution in [0.25, 0.3) is 20.7 Å². The van der Waals surface area contributed by atoms with Gasteiger partial charge in [0, 0.05) is 27.6 Å². The van der Waals surface area contributed by atoms with Crippen molar-refractivity contribution >= 4 is 56.1 Å². The van der Waals surface area contributed by atoms with Gasteiger partial charge >= 0.3 is 0 Å². The number of hydrogen-bond donors (Lipinski definition) is 3. The first kappa shape index (κ1) is 23.9. The summed E-state index contributed by atoms with van der Waals surface area (Å²) < 4.78 is 0. The van der Waals surface area contributed by atoms with Crippen molar-refractivity contribution in [3.63, 3.8) is 0 Å². The van der Waals surface area contributed by atoms with Crippen molar-refractivity contribution in [3.05, 3.63) is 63.0 Å². The number of rotatable bonds is 6. The third kappa shape index (κ3) is 4.43. The van der Waals surface area contributed by atoms with Gasteiger partial charge in [0.05, 0.1) is 16.9 Å². The van der Waals surface area contributed by atoms with Gasteiger partial charge in [0.2, 0.25) is 0 Å². The molecule has 0 radical (unpaired) electrons. The number of amides is 2. The lowest BCUT2D eigenvalue weighted by molar-refractivity contribution is 0.0943. The molecule has 4 aromatic rings. The Hall–Kier alpha value is -3.23. The Labute approximate surface area is 207 Å². The molecule has 2 amide bonds. The predicted octanol–water partition coefficient (Wildman–Crippen LogP) is 6.31. The molecule has 8 heteroatoms. The van der Waals surface area contributed by atoms with Crippen molar-refractivity contribution in [2.24, 2.45) is 0 Å². The molecular formula is C26H28N4O2S2. The lowest BCUT2D eigenvalue weighted by atomic mass is 9.99. The number of fused-ring (bicyclic) bond motifs is 1. The Morgan fingerprint density at radius 2 is 1.91 bits per heavy atom. The van der Waals surface area contributed by atoms with Crippen LogP contribution in [0, 0.1) is 20.8 Å². The molecule has 34 heavy (non-hydrogen) atoms. The molecule has 4 N–H and O–H groups in total. The predicted molar refractivity (Wildman–Crippen MR) is 143 cm³/mol. The van der Waals surface area contributed by atoms with Gasteiger partial charge in [-0.2, -0.15) is 0 Å².